The summed E-state index contributed by atoms with van der Waals surface area (Å²) in [7, 11) is 0. The van der Waals surface area contributed by atoms with Crippen LogP contribution in [0.25, 0.3) is 0 Å². The van der Waals surface area contributed by atoms with E-state index in [1.165, 1.54) is 103 Å². The number of unbranched alkanes of at least 4 members (excludes halogenated alkanes) is 22. The Balaban J connectivity index is 4.18. The summed E-state index contributed by atoms with van der Waals surface area (Å²) in [6.45, 7) is 3.37. The Morgan fingerprint density at radius 1 is 0.564 bits per heavy atom. The van der Waals surface area contributed by atoms with Gasteiger partial charge in [0.25, 0.3) is 0 Å². The van der Waals surface area contributed by atoms with Crippen molar-refractivity contribution in [2.45, 2.75) is 219 Å². The molecule has 0 saturated carbocycles. The second-order valence-electron chi connectivity index (χ2n) is 15.1. The number of hydrogen-bond acceptors (Lipinski definition) is 6. The second-order valence-corrected chi connectivity index (χ2v) is 15.1. The van der Waals surface area contributed by atoms with Gasteiger partial charge in [-0.3, -0.25) is 14.4 Å². The minimum absolute atomic E-state index is 0.0998. The number of aliphatic hydroxyl groups is 1. The molecule has 318 valence electrons. The number of carboxylic acids is 1. The SMILES string of the molecule is CC/C=C\C/C=C\C/C=C\C(CCCCCCCCC(=O)NCC(=O)NC(CO)C(=O)O)OC(=O)CCCCCCCCCCCCCCCCCCCC. The minimum Gasteiger partial charge on any atom is -0.480 e. The lowest BCUT2D eigenvalue weighted by atomic mass is 10.0. The maximum Gasteiger partial charge on any atom is 0.328 e. The van der Waals surface area contributed by atoms with Crippen molar-refractivity contribution in [1.29, 1.82) is 0 Å². The van der Waals surface area contributed by atoms with Crippen LogP contribution in [0.15, 0.2) is 36.5 Å². The molecule has 0 aromatic rings. The number of aliphatic carboxylic acids is 1. The van der Waals surface area contributed by atoms with Crippen LogP contribution >= 0.6 is 0 Å². The standard InChI is InChI=1S/C46H82N2O7/c1-3-5-7-9-11-13-14-15-16-17-18-19-20-21-22-24-30-34-38-45(52)55-41(35-31-27-23-12-10-8-6-4-2)36-32-28-25-26-29-33-37-43(50)47-39-44(51)48-42(40-49)46(53)54/h6,8,12,23,31,35,41-42,49H,3-5,7,9-11,13-22,24-30,32-34,36-40H2,1-2H3,(H,47,50)(H,48,51)(H,53,54)/b8-6-,23-12-,35-31-. The first-order chi connectivity index (χ1) is 26.8. The van der Waals surface area contributed by atoms with E-state index in [1.54, 1.807) is 0 Å². The Morgan fingerprint density at radius 2 is 1.02 bits per heavy atom. The van der Waals surface area contributed by atoms with Crippen LogP contribution in [0.4, 0.5) is 0 Å². The van der Waals surface area contributed by atoms with Gasteiger partial charge in [0.15, 0.2) is 0 Å². The predicted molar refractivity (Wildman–Crippen MR) is 227 cm³/mol. The Bertz CT molecular complexity index is 1030. The average molecular weight is 775 g/mol. The lowest BCUT2D eigenvalue weighted by Crippen LogP contribution is -2.47. The van der Waals surface area contributed by atoms with Gasteiger partial charge in [0.1, 0.15) is 12.1 Å². The molecule has 2 atom stereocenters. The topological polar surface area (TPSA) is 142 Å². The number of hydrogen-bond donors (Lipinski definition) is 4. The zero-order valence-corrected chi connectivity index (χ0v) is 35.2. The lowest BCUT2D eigenvalue weighted by molar-refractivity contribution is -0.147. The van der Waals surface area contributed by atoms with E-state index in [2.05, 4.69) is 54.9 Å². The summed E-state index contributed by atoms with van der Waals surface area (Å²) in [4.78, 5) is 47.4. The van der Waals surface area contributed by atoms with Gasteiger partial charge in [-0.05, 0) is 51.0 Å². The Labute approximate surface area is 336 Å². The maximum atomic E-state index is 12.7. The van der Waals surface area contributed by atoms with E-state index in [0.717, 1.165) is 70.6 Å². The zero-order chi connectivity index (χ0) is 40.5. The minimum atomic E-state index is -1.38. The largest absolute Gasteiger partial charge is 0.480 e. The summed E-state index contributed by atoms with van der Waals surface area (Å²) in [5, 5.41) is 22.5. The monoisotopic (exact) mass is 775 g/mol. The molecule has 0 aromatic carbocycles. The van der Waals surface area contributed by atoms with Crippen LogP contribution in [0.3, 0.4) is 0 Å². The van der Waals surface area contributed by atoms with Crippen LogP contribution in [0.1, 0.15) is 206 Å². The Morgan fingerprint density at radius 3 is 1.51 bits per heavy atom. The van der Waals surface area contributed by atoms with E-state index in [1.807, 2.05) is 6.08 Å². The van der Waals surface area contributed by atoms with E-state index >= 15 is 0 Å². The molecule has 9 nitrogen and oxygen atoms in total. The molecule has 0 rings (SSSR count). The van der Waals surface area contributed by atoms with Gasteiger partial charge in [0.2, 0.25) is 11.8 Å². The third-order valence-corrected chi connectivity index (χ3v) is 9.89. The van der Waals surface area contributed by atoms with Crippen molar-refractivity contribution in [3.8, 4) is 0 Å². The Kier molecular flexibility index (Phi) is 38.5. The maximum absolute atomic E-state index is 12.7. The number of esters is 1. The highest BCUT2D eigenvalue weighted by Crippen LogP contribution is 2.16. The molecule has 0 spiro atoms. The number of carbonyl (C=O) groups is 4. The van der Waals surface area contributed by atoms with E-state index in [9.17, 15) is 19.2 Å². The van der Waals surface area contributed by atoms with Crippen LogP contribution in [0.5, 0.6) is 0 Å². The fourth-order valence-corrected chi connectivity index (χ4v) is 6.47. The number of rotatable bonds is 40. The number of carbonyl (C=O) groups excluding carboxylic acids is 3. The van der Waals surface area contributed by atoms with Crippen molar-refractivity contribution in [2.24, 2.45) is 0 Å². The van der Waals surface area contributed by atoms with Gasteiger partial charge in [0.05, 0.1) is 13.2 Å². The molecule has 0 aliphatic carbocycles. The van der Waals surface area contributed by atoms with Gasteiger partial charge in [-0.25, -0.2) is 4.79 Å². The van der Waals surface area contributed by atoms with Gasteiger partial charge < -0.3 is 25.6 Å². The highest BCUT2D eigenvalue weighted by Gasteiger charge is 2.18. The number of nitrogens with one attached hydrogen (secondary N) is 2. The Hall–Kier alpha value is -2.94. The predicted octanol–water partition coefficient (Wildman–Crippen LogP) is 11.0. The van der Waals surface area contributed by atoms with Crippen LogP contribution in [-0.4, -0.2) is 59.3 Å². The number of ether oxygens (including phenoxy) is 1. The quantitative estimate of drug-likeness (QED) is 0.0276. The van der Waals surface area contributed by atoms with Gasteiger partial charge in [-0.2, -0.15) is 0 Å². The van der Waals surface area contributed by atoms with Gasteiger partial charge in [0, 0.05) is 12.8 Å². The van der Waals surface area contributed by atoms with Crippen molar-refractivity contribution in [3.63, 3.8) is 0 Å². The molecular formula is C46H82N2O7. The number of allylic oxidation sites excluding steroid dienone is 5. The molecule has 0 fully saturated rings. The second kappa shape index (κ2) is 40.7. The molecular weight excluding hydrogens is 693 g/mol. The molecule has 2 amide bonds. The van der Waals surface area contributed by atoms with Crippen LogP contribution in [-0.2, 0) is 23.9 Å². The van der Waals surface area contributed by atoms with Crippen LogP contribution in [0.2, 0.25) is 0 Å². The smallest absolute Gasteiger partial charge is 0.328 e. The van der Waals surface area contributed by atoms with Crippen molar-refractivity contribution in [2.75, 3.05) is 13.2 Å². The zero-order valence-electron chi connectivity index (χ0n) is 35.2. The number of carboxylic acid groups (broad SMARTS) is 1. The lowest BCUT2D eigenvalue weighted by Gasteiger charge is -2.15. The summed E-state index contributed by atoms with van der Waals surface area (Å²) < 4.78 is 5.92. The highest BCUT2D eigenvalue weighted by molar-refractivity contribution is 5.87. The molecule has 2 unspecified atom stereocenters. The summed E-state index contributed by atoms with van der Waals surface area (Å²) in [5.41, 5.74) is 0. The molecule has 0 saturated heterocycles. The van der Waals surface area contributed by atoms with E-state index in [4.69, 9.17) is 14.9 Å². The molecule has 0 aliphatic heterocycles. The molecule has 9 heteroatoms. The molecule has 0 aromatic heterocycles. The normalized spacial score (nSPS) is 12.8. The molecule has 0 heterocycles. The van der Waals surface area contributed by atoms with Crippen molar-refractivity contribution in [1.82, 2.24) is 10.6 Å². The summed E-state index contributed by atoms with van der Waals surface area (Å²) in [6, 6.07) is -1.38. The average Bonchev–Trinajstić information content (AvgIpc) is 3.17. The van der Waals surface area contributed by atoms with Crippen LogP contribution in [0, 0.1) is 0 Å². The van der Waals surface area contributed by atoms with Crippen molar-refractivity contribution < 1.29 is 34.1 Å². The van der Waals surface area contributed by atoms with Crippen LogP contribution < -0.4 is 10.6 Å². The first kappa shape index (κ1) is 52.1. The van der Waals surface area contributed by atoms with Gasteiger partial charge >= 0.3 is 11.9 Å². The fourth-order valence-electron chi connectivity index (χ4n) is 6.47. The summed E-state index contributed by atoms with van der Waals surface area (Å²) >= 11 is 0. The van der Waals surface area contributed by atoms with Gasteiger partial charge in [-0.15, -0.1) is 0 Å². The van der Waals surface area contributed by atoms with E-state index in [0.29, 0.717) is 19.3 Å². The number of amides is 2. The first-order valence-corrected chi connectivity index (χ1v) is 22.4. The molecule has 55 heavy (non-hydrogen) atoms. The van der Waals surface area contributed by atoms with Crippen molar-refractivity contribution in [3.05, 3.63) is 36.5 Å². The molecule has 0 bridgehead atoms. The summed E-state index contributed by atoms with van der Waals surface area (Å²) in [5.74, 6) is -2.35. The molecule has 0 radical (unpaired) electrons. The van der Waals surface area contributed by atoms with Crippen molar-refractivity contribution >= 4 is 23.8 Å². The van der Waals surface area contributed by atoms with E-state index < -0.39 is 24.5 Å². The first-order valence-electron chi connectivity index (χ1n) is 22.4. The molecule has 0 aliphatic rings. The van der Waals surface area contributed by atoms with E-state index in [-0.39, 0.29) is 24.5 Å². The summed E-state index contributed by atoms with van der Waals surface area (Å²) in [6.07, 6.45) is 46.4. The van der Waals surface area contributed by atoms with Gasteiger partial charge in [-0.1, -0.05) is 179 Å². The number of aliphatic hydroxyl groups excluding tert-OH is 1. The third-order valence-electron chi connectivity index (χ3n) is 9.89. The highest BCUT2D eigenvalue weighted by atomic mass is 16.5. The fraction of sp³-hybridized carbons (Fsp3) is 0.783. The third kappa shape index (κ3) is 37.7. The molecule has 4 N–H and O–H groups in total.